The largest absolute Gasteiger partial charge is 0.480 e. The first-order chi connectivity index (χ1) is 16.5. The van der Waals surface area contributed by atoms with Gasteiger partial charge in [0.05, 0.1) is 16.8 Å². The van der Waals surface area contributed by atoms with Gasteiger partial charge in [0.25, 0.3) is 5.91 Å². The molecule has 0 bridgehead atoms. The molecule has 2 aromatic rings. The van der Waals surface area contributed by atoms with Crippen molar-refractivity contribution < 1.29 is 32.7 Å². The number of carboxylic acids is 1. The summed E-state index contributed by atoms with van der Waals surface area (Å²) < 4.78 is 40.0. The zero-order valence-electron chi connectivity index (χ0n) is 19.5. The molecule has 1 aliphatic carbocycles. The van der Waals surface area contributed by atoms with Crippen LogP contribution in [0.1, 0.15) is 59.2 Å². The fourth-order valence-corrected chi connectivity index (χ4v) is 4.37. The Hall–Kier alpha value is -3.56. The van der Waals surface area contributed by atoms with Crippen LogP contribution in [-0.2, 0) is 11.0 Å². The first kappa shape index (κ1) is 26.1. The minimum absolute atomic E-state index is 0.267. The van der Waals surface area contributed by atoms with Crippen molar-refractivity contribution in [2.45, 2.75) is 58.2 Å². The van der Waals surface area contributed by atoms with E-state index in [1.54, 1.807) is 32.0 Å². The van der Waals surface area contributed by atoms with E-state index < -0.39 is 35.7 Å². The highest BCUT2D eigenvalue weighted by Crippen LogP contribution is 2.33. The summed E-state index contributed by atoms with van der Waals surface area (Å²) in [5, 5.41) is 17.0. The summed E-state index contributed by atoms with van der Waals surface area (Å²) in [5.41, 5.74) is 0.285. The number of carbonyl (C=O) groups is 3. The average Bonchev–Trinajstić information content (AvgIpc) is 2.79. The molecular formula is C25H28F3N3O4. The Morgan fingerprint density at radius 1 is 0.971 bits per heavy atom. The van der Waals surface area contributed by atoms with Crippen LogP contribution in [0, 0.1) is 19.8 Å². The summed E-state index contributed by atoms with van der Waals surface area (Å²) in [6.45, 7) is 3.53. The number of carbonyl (C=O) groups excluding carboxylic acids is 2. The van der Waals surface area contributed by atoms with Crippen LogP contribution in [0.15, 0.2) is 36.4 Å². The molecule has 3 rings (SSSR count). The second-order valence-corrected chi connectivity index (χ2v) is 8.79. The van der Waals surface area contributed by atoms with E-state index in [1.807, 2.05) is 0 Å². The lowest BCUT2D eigenvalue weighted by Crippen LogP contribution is -2.46. The van der Waals surface area contributed by atoms with Crippen LogP contribution < -0.4 is 16.0 Å². The molecule has 3 amide bonds. The van der Waals surface area contributed by atoms with Gasteiger partial charge in [-0.15, -0.1) is 0 Å². The number of hydrogen-bond acceptors (Lipinski definition) is 3. The van der Waals surface area contributed by atoms with Gasteiger partial charge in [0.2, 0.25) is 0 Å². The molecule has 2 aromatic carbocycles. The molecular weight excluding hydrogens is 463 g/mol. The Bertz CT molecular complexity index is 1090. The monoisotopic (exact) mass is 491 g/mol. The maximum Gasteiger partial charge on any atom is 0.416 e. The summed E-state index contributed by atoms with van der Waals surface area (Å²) in [6, 6.07) is 5.64. The van der Waals surface area contributed by atoms with Crippen molar-refractivity contribution in [2.24, 2.45) is 5.92 Å². The van der Waals surface area contributed by atoms with Crippen LogP contribution in [-0.4, -0.2) is 29.1 Å². The molecule has 4 N–H and O–H groups in total. The molecule has 0 aliphatic heterocycles. The molecule has 0 heterocycles. The number of aryl methyl sites for hydroxylation is 2. The Kier molecular flexibility index (Phi) is 8.03. The minimum atomic E-state index is -4.71. The van der Waals surface area contributed by atoms with Gasteiger partial charge in [0.15, 0.2) is 0 Å². The second kappa shape index (κ2) is 10.8. The van der Waals surface area contributed by atoms with Crippen LogP contribution in [0.4, 0.5) is 29.3 Å². The van der Waals surface area contributed by atoms with E-state index in [0.29, 0.717) is 24.6 Å². The Labute approximate surface area is 201 Å². The van der Waals surface area contributed by atoms with E-state index in [9.17, 15) is 32.7 Å². The van der Waals surface area contributed by atoms with E-state index in [2.05, 4.69) is 16.0 Å². The van der Waals surface area contributed by atoms with Crippen LogP contribution in [0.3, 0.4) is 0 Å². The molecule has 1 unspecified atom stereocenters. The molecule has 188 valence electrons. The van der Waals surface area contributed by atoms with Gasteiger partial charge < -0.3 is 21.1 Å². The third-order valence-corrected chi connectivity index (χ3v) is 6.23. The third-order valence-electron chi connectivity index (χ3n) is 6.23. The van der Waals surface area contributed by atoms with Gasteiger partial charge in [0.1, 0.15) is 6.04 Å². The van der Waals surface area contributed by atoms with Crippen molar-refractivity contribution in [3.8, 4) is 0 Å². The van der Waals surface area contributed by atoms with Crippen molar-refractivity contribution in [2.75, 3.05) is 10.6 Å². The van der Waals surface area contributed by atoms with Gasteiger partial charge in [-0.1, -0.05) is 37.5 Å². The molecule has 1 fully saturated rings. The van der Waals surface area contributed by atoms with Crippen molar-refractivity contribution in [3.05, 3.63) is 58.7 Å². The summed E-state index contributed by atoms with van der Waals surface area (Å²) in [4.78, 5) is 37.5. The number of amides is 3. The lowest BCUT2D eigenvalue weighted by molar-refractivity contribution is -0.141. The van der Waals surface area contributed by atoms with Gasteiger partial charge >= 0.3 is 18.2 Å². The highest BCUT2D eigenvalue weighted by Gasteiger charge is 2.34. The molecule has 0 aromatic heterocycles. The molecule has 1 aliphatic rings. The topological polar surface area (TPSA) is 108 Å². The molecule has 7 nitrogen and oxygen atoms in total. The number of hydrogen-bond donors (Lipinski definition) is 4. The van der Waals surface area contributed by atoms with Crippen molar-refractivity contribution in [1.29, 1.82) is 0 Å². The van der Waals surface area contributed by atoms with Crippen LogP contribution in [0.2, 0.25) is 0 Å². The van der Waals surface area contributed by atoms with Gasteiger partial charge in [-0.2, -0.15) is 13.2 Å². The van der Waals surface area contributed by atoms with Crippen LogP contribution in [0.5, 0.6) is 0 Å². The Balaban J connectivity index is 1.88. The molecule has 10 heteroatoms. The van der Waals surface area contributed by atoms with E-state index in [1.165, 1.54) is 0 Å². The zero-order valence-corrected chi connectivity index (χ0v) is 19.5. The molecule has 1 atom stereocenters. The van der Waals surface area contributed by atoms with Gasteiger partial charge in [-0.25, -0.2) is 9.59 Å². The summed E-state index contributed by atoms with van der Waals surface area (Å²) >= 11 is 0. The average molecular weight is 492 g/mol. The number of benzene rings is 2. The maximum absolute atomic E-state index is 13.3. The zero-order chi connectivity index (χ0) is 25.8. The fraction of sp³-hybridized carbons (Fsp3) is 0.400. The number of para-hydroxylation sites is 1. The molecule has 0 spiro atoms. The Morgan fingerprint density at radius 3 is 2.17 bits per heavy atom. The number of urea groups is 1. The number of anilines is 2. The first-order valence-corrected chi connectivity index (χ1v) is 11.4. The van der Waals surface area contributed by atoms with Gasteiger partial charge in [-0.05, 0) is 61.9 Å². The van der Waals surface area contributed by atoms with Crippen molar-refractivity contribution in [1.82, 2.24) is 5.32 Å². The predicted octanol–water partition coefficient (Wildman–Crippen LogP) is 5.73. The quantitative estimate of drug-likeness (QED) is 0.414. The lowest BCUT2D eigenvalue weighted by atomic mass is 9.83. The van der Waals surface area contributed by atoms with Crippen LogP contribution in [0.25, 0.3) is 0 Å². The van der Waals surface area contributed by atoms with Crippen molar-refractivity contribution >= 4 is 29.3 Å². The normalized spacial score (nSPS) is 15.2. The number of nitrogens with one attached hydrogen (secondary N) is 3. The number of rotatable bonds is 6. The Morgan fingerprint density at radius 2 is 1.60 bits per heavy atom. The summed E-state index contributed by atoms with van der Waals surface area (Å²) in [5.74, 6) is -2.36. The molecule has 0 saturated heterocycles. The van der Waals surface area contributed by atoms with Gasteiger partial charge in [-0.3, -0.25) is 4.79 Å². The predicted molar refractivity (Wildman–Crippen MR) is 125 cm³/mol. The number of aliphatic carboxylic acids is 1. The van der Waals surface area contributed by atoms with E-state index in [-0.39, 0.29) is 17.2 Å². The van der Waals surface area contributed by atoms with Crippen molar-refractivity contribution in [3.63, 3.8) is 0 Å². The molecule has 0 radical (unpaired) electrons. The van der Waals surface area contributed by atoms with E-state index in [4.69, 9.17) is 0 Å². The highest BCUT2D eigenvalue weighted by atomic mass is 19.4. The van der Waals surface area contributed by atoms with Crippen LogP contribution >= 0.6 is 0 Å². The first-order valence-electron chi connectivity index (χ1n) is 11.4. The fourth-order valence-electron chi connectivity index (χ4n) is 4.37. The van der Waals surface area contributed by atoms with E-state index in [0.717, 1.165) is 42.5 Å². The van der Waals surface area contributed by atoms with Gasteiger partial charge in [0, 0.05) is 5.69 Å². The molecule has 1 saturated carbocycles. The third kappa shape index (κ3) is 6.52. The number of halogens is 3. The smallest absolute Gasteiger partial charge is 0.416 e. The summed E-state index contributed by atoms with van der Waals surface area (Å²) in [6.07, 6.45) is -0.771. The lowest BCUT2D eigenvalue weighted by Gasteiger charge is -2.28. The second-order valence-electron chi connectivity index (χ2n) is 8.79. The standard InChI is InChI=1S/C25H28F3N3O4/c1-14-7-6-8-15(2)20(14)31-24(35)29-19-13-17(25(26,27)28)11-12-18(19)22(32)30-21(23(33)34)16-9-4-3-5-10-16/h6-8,11-13,16,21H,3-5,9-10H2,1-2H3,(H,30,32)(H,33,34)(H2,29,31,35). The summed E-state index contributed by atoms with van der Waals surface area (Å²) in [7, 11) is 0. The highest BCUT2D eigenvalue weighted by molar-refractivity contribution is 6.07. The number of carboxylic acid groups (broad SMARTS) is 1. The van der Waals surface area contributed by atoms with E-state index >= 15 is 0 Å². The minimum Gasteiger partial charge on any atom is -0.480 e. The number of alkyl halides is 3. The maximum atomic E-state index is 13.3. The SMILES string of the molecule is Cc1cccc(C)c1NC(=O)Nc1cc(C(F)(F)F)ccc1C(=O)NC(C(=O)O)C1CCCCC1. The molecule has 35 heavy (non-hydrogen) atoms.